The number of benzene rings is 3. The van der Waals surface area contributed by atoms with Gasteiger partial charge in [-0.05, 0) is 68.1 Å². The van der Waals surface area contributed by atoms with Crippen LogP contribution < -0.4 is 9.62 Å². The van der Waals surface area contributed by atoms with Gasteiger partial charge in [0.05, 0.1) is 10.6 Å². The molecule has 2 amide bonds. The summed E-state index contributed by atoms with van der Waals surface area (Å²) in [5.74, 6) is -0.859. The van der Waals surface area contributed by atoms with Crippen molar-refractivity contribution in [2.24, 2.45) is 0 Å². The Kier molecular flexibility index (Phi) is 11.0. The molecule has 0 saturated carbocycles. The molecule has 0 bridgehead atoms. The molecule has 40 heavy (non-hydrogen) atoms. The van der Waals surface area contributed by atoms with E-state index in [-0.39, 0.29) is 23.0 Å². The van der Waals surface area contributed by atoms with Gasteiger partial charge < -0.3 is 10.2 Å². The lowest BCUT2D eigenvalue weighted by Gasteiger charge is -2.33. The third-order valence-electron chi connectivity index (χ3n) is 6.56. The van der Waals surface area contributed by atoms with Gasteiger partial charge in [-0.25, -0.2) is 8.42 Å². The normalized spacial score (nSPS) is 12.1. The first-order valence-corrected chi connectivity index (χ1v) is 15.3. The predicted molar refractivity (Wildman–Crippen MR) is 161 cm³/mol. The minimum absolute atomic E-state index is 0.0314. The molecular formula is C30H35Cl2N3O4S. The molecule has 0 fully saturated rings. The molecule has 0 aromatic heterocycles. The van der Waals surface area contributed by atoms with Gasteiger partial charge in [0, 0.05) is 23.1 Å². The quantitative estimate of drug-likeness (QED) is 0.269. The summed E-state index contributed by atoms with van der Waals surface area (Å²) in [5.41, 5.74) is 2.55. The number of sulfonamides is 1. The van der Waals surface area contributed by atoms with Crippen molar-refractivity contribution in [3.8, 4) is 0 Å². The van der Waals surface area contributed by atoms with Crippen molar-refractivity contribution in [3.63, 3.8) is 0 Å². The first-order chi connectivity index (χ1) is 19.0. The molecule has 3 aromatic rings. The molecule has 0 saturated heterocycles. The minimum Gasteiger partial charge on any atom is -0.354 e. The van der Waals surface area contributed by atoms with Crippen LogP contribution in [0.4, 0.5) is 5.69 Å². The van der Waals surface area contributed by atoms with Gasteiger partial charge >= 0.3 is 0 Å². The number of carbonyl (C=O) groups is 2. The summed E-state index contributed by atoms with van der Waals surface area (Å²) in [5, 5.41) is 3.68. The summed E-state index contributed by atoms with van der Waals surface area (Å²) in [6.07, 6.45) is 1.06. The molecule has 3 aromatic carbocycles. The van der Waals surface area contributed by atoms with Crippen LogP contribution in [0.5, 0.6) is 0 Å². The lowest BCUT2D eigenvalue weighted by atomic mass is 10.1. The molecule has 0 radical (unpaired) electrons. The van der Waals surface area contributed by atoms with Gasteiger partial charge in [-0.1, -0.05) is 79.0 Å². The van der Waals surface area contributed by atoms with E-state index in [2.05, 4.69) is 5.32 Å². The summed E-state index contributed by atoms with van der Waals surface area (Å²) in [7, 11) is -4.18. The fourth-order valence-corrected chi connectivity index (χ4v) is 5.98. The van der Waals surface area contributed by atoms with E-state index in [0.717, 1.165) is 21.9 Å². The molecule has 0 spiro atoms. The van der Waals surface area contributed by atoms with E-state index in [1.807, 2.05) is 27.7 Å². The SMILES string of the molecule is CCCNC(=O)[C@H](CC)N(Cc1ccccc1Cl)C(=O)CN(c1ccc(C)c(Cl)c1)S(=O)(=O)c1ccc(C)cc1. The number of nitrogens with one attached hydrogen (secondary N) is 1. The van der Waals surface area contributed by atoms with Crippen LogP contribution in [-0.2, 0) is 26.2 Å². The molecule has 3 rings (SSSR count). The summed E-state index contributed by atoms with van der Waals surface area (Å²) >= 11 is 12.8. The van der Waals surface area contributed by atoms with Gasteiger partial charge in [0.2, 0.25) is 11.8 Å². The number of rotatable bonds is 12. The molecule has 1 N–H and O–H groups in total. The highest BCUT2D eigenvalue weighted by Gasteiger charge is 2.34. The lowest BCUT2D eigenvalue weighted by Crippen LogP contribution is -2.52. The second kappa shape index (κ2) is 14.0. The van der Waals surface area contributed by atoms with Crippen molar-refractivity contribution < 1.29 is 18.0 Å². The van der Waals surface area contributed by atoms with Crippen LogP contribution in [0, 0.1) is 13.8 Å². The van der Waals surface area contributed by atoms with Crippen LogP contribution in [0.1, 0.15) is 43.4 Å². The van der Waals surface area contributed by atoms with Crippen molar-refractivity contribution in [3.05, 3.63) is 93.5 Å². The number of nitrogens with zero attached hydrogens (tertiary/aromatic N) is 2. The summed E-state index contributed by atoms with van der Waals surface area (Å²) in [6, 6.07) is 17.5. The molecule has 0 aliphatic carbocycles. The lowest BCUT2D eigenvalue weighted by molar-refractivity contribution is -0.140. The number of halogens is 2. The Morgan fingerprint density at radius 3 is 2.20 bits per heavy atom. The Morgan fingerprint density at radius 1 is 0.925 bits per heavy atom. The van der Waals surface area contributed by atoms with Crippen molar-refractivity contribution in [2.45, 2.75) is 58.0 Å². The topological polar surface area (TPSA) is 86.8 Å². The molecular weight excluding hydrogens is 569 g/mol. The standard InChI is InChI=1S/C30H35Cl2N3O4S/c1-5-17-33-30(37)28(6-2)34(19-23-9-7-8-10-26(23)31)29(36)20-35(24-14-13-22(4)27(32)18-24)40(38,39)25-15-11-21(3)12-16-25/h7-16,18,28H,5-6,17,19-20H2,1-4H3,(H,33,37)/t28-/m0/s1. The second-order valence-corrected chi connectivity index (χ2v) is 12.3. The fourth-order valence-electron chi connectivity index (χ4n) is 4.20. The largest absolute Gasteiger partial charge is 0.354 e. The van der Waals surface area contributed by atoms with Gasteiger partial charge in [0.15, 0.2) is 0 Å². The monoisotopic (exact) mass is 603 g/mol. The van der Waals surface area contributed by atoms with Crippen molar-refractivity contribution >= 4 is 50.7 Å². The Balaban J connectivity index is 2.09. The molecule has 214 valence electrons. The maximum Gasteiger partial charge on any atom is 0.264 e. The maximum atomic E-state index is 14.1. The van der Waals surface area contributed by atoms with E-state index in [0.29, 0.717) is 28.6 Å². The molecule has 0 aliphatic heterocycles. The number of hydrogen-bond donors (Lipinski definition) is 1. The highest BCUT2D eigenvalue weighted by Crippen LogP contribution is 2.29. The molecule has 0 unspecified atom stereocenters. The molecule has 0 heterocycles. The number of amides is 2. The smallest absolute Gasteiger partial charge is 0.264 e. The van der Waals surface area contributed by atoms with E-state index in [9.17, 15) is 18.0 Å². The zero-order valence-electron chi connectivity index (χ0n) is 23.2. The minimum atomic E-state index is -4.18. The zero-order chi connectivity index (χ0) is 29.4. The van der Waals surface area contributed by atoms with Crippen molar-refractivity contribution in [1.29, 1.82) is 0 Å². The number of hydrogen-bond acceptors (Lipinski definition) is 4. The summed E-state index contributed by atoms with van der Waals surface area (Å²) in [4.78, 5) is 28.7. The van der Waals surface area contributed by atoms with E-state index >= 15 is 0 Å². The first kappa shape index (κ1) is 31.5. The van der Waals surface area contributed by atoms with Gasteiger partial charge in [-0.3, -0.25) is 13.9 Å². The van der Waals surface area contributed by atoms with Crippen LogP contribution in [0.25, 0.3) is 0 Å². The first-order valence-electron chi connectivity index (χ1n) is 13.2. The van der Waals surface area contributed by atoms with E-state index in [4.69, 9.17) is 23.2 Å². The fraction of sp³-hybridized carbons (Fsp3) is 0.333. The highest BCUT2D eigenvalue weighted by atomic mass is 35.5. The second-order valence-electron chi connectivity index (χ2n) is 9.59. The predicted octanol–water partition coefficient (Wildman–Crippen LogP) is 6.14. The van der Waals surface area contributed by atoms with Gasteiger partial charge in [0.1, 0.15) is 12.6 Å². The van der Waals surface area contributed by atoms with Crippen LogP contribution in [0.3, 0.4) is 0 Å². The highest BCUT2D eigenvalue weighted by molar-refractivity contribution is 7.92. The Bertz CT molecular complexity index is 1450. The molecule has 1 atom stereocenters. The average molecular weight is 605 g/mol. The number of anilines is 1. The van der Waals surface area contributed by atoms with E-state index in [1.165, 1.54) is 23.1 Å². The third kappa shape index (κ3) is 7.56. The van der Waals surface area contributed by atoms with E-state index in [1.54, 1.807) is 48.5 Å². The summed E-state index contributed by atoms with van der Waals surface area (Å²) in [6.45, 7) is 7.36. The molecule has 0 aliphatic rings. The number of aryl methyl sites for hydroxylation is 2. The Hall–Kier alpha value is -3.07. The van der Waals surface area contributed by atoms with Crippen molar-refractivity contribution in [1.82, 2.24) is 10.2 Å². The third-order valence-corrected chi connectivity index (χ3v) is 9.13. The maximum absolute atomic E-state index is 14.1. The molecule has 10 heteroatoms. The average Bonchev–Trinajstić information content (AvgIpc) is 2.93. The number of carbonyl (C=O) groups excluding carboxylic acids is 2. The molecule has 7 nitrogen and oxygen atoms in total. The van der Waals surface area contributed by atoms with Crippen LogP contribution in [-0.4, -0.2) is 44.3 Å². The van der Waals surface area contributed by atoms with Crippen molar-refractivity contribution in [2.75, 3.05) is 17.4 Å². The van der Waals surface area contributed by atoms with E-state index < -0.39 is 28.5 Å². The zero-order valence-corrected chi connectivity index (χ0v) is 25.5. The van der Waals surface area contributed by atoms with Crippen LogP contribution in [0.15, 0.2) is 71.6 Å². The Morgan fingerprint density at radius 2 is 1.60 bits per heavy atom. The van der Waals surface area contributed by atoms with Gasteiger partial charge in [-0.15, -0.1) is 0 Å². The Labute approximate surface area is 247 Å². The van der Waals surface area contributed by atoms with Crippen LogP contribution in [0.2, 0.25) is 10.0 Å². The van der Waals surface area contributed by atoms with Crippen LogP contribution >= 0.6 is 23.2 Å². The van der Waals surface area contributed by atoms with Gasteiger partial charge in [0.25, 0.3) is 10.0 Å². The summed E-state index contributed by atoms with van der Waals surface area (Å²) < 4.78 is 28.9. The van der Waals surface area contributed by atoms with Gasteiger partial charge in [-0.2, -0.15) is 0 Å².